The van der Waals surface area contributed by atoms with Crippen molar-refractivity contribution in [3.05, 3.63) is 59.4 Å². The number of fused-ring (bicyclic) bond motifs is 1. The number of nitrogens with one attached hydrogen (secondary N) is 3. The van der Waals surface area contributed by atoms with Crippen LogP contribution in [-0.2, 0) is 23.2 Å². The number of carbonyl (C=O) groups excluding carboxylic acids is 1. The van der Waals surface area contributed by atoms with E-state index in [1.807, 2.05) is 41.9 Å². The zero-order chi connectivity index (χ0) is 24.2. The fourth-order valence-electron chi connectivity index (χ4n) is 4.21. The second-order valence-corrected chi connectivity index (χ2v) is 8.42. The average molecular weight is 464 g/mol. The molecule has 2 aromatic carbocycles. The minimum atomic E-state index is -1.01. The van der Waals surface area contributed by atoms with Crippen LogP contribution >= 0.6 is 0 Å². The number of rotatable bonds is 9. The fraction of sp³-hybridized carbons (Fsp3) is 0.333. The molecule has 1 aliphatic heterocycles. The number of likely N-dealkylation sites (tertiary alicyclic amines) is 1. The van der Waals surface area contributed by atoms with Crippen molar-refractivity contribution in [2.24, 2.45) is 12.8 Å². The number of amides is 1. The number of carboxylic acid groups (broad SMARTS) is 1. The van der Waals surface area contributed by atoms with Crippen molar-refractivity contribution in [3.8, 4) is 0 Å². The molecule has 1 aliphatic rings. The van der Waals surface area contributed by atoms with E-state index in [1.54, 1.807) is 17.0 Å². The molecule has 0 spiro atoms. The maximum Gasteiger partial charge on any atom is 0.317 e. The van der Waals surface area contributed by atoms with Gasteiger partial charge in [-0.2, -0.15) is 0 Å². The fourth-order valence-corrected chi connectivity index (χ4v) is 4.21. The van der Waals surface area contributed by atoms with Gasteiger partial charge in [-0.1, -0.05) is 6.07 Å². The molecule has 1 amide bonds. The molecule has 1 fully saturated rings. The van der Waals surface area contributed by atoms with E-state index in [1.165, 1.54) is 0 Å². The number of anilines is 1. The number of nitrogens with zero attached hydrogens (tertiary/aromatic N) is 3. The predicted octanol–water partition coefficient (Wildman–Crippen LogP) is 1.81. The van der Waals surface area contributed by atoms with E-state index < -0.39 is 12.0 Å². The number of hydrogen-bond acceptors (Lipinski definition) is 6. The summed E-state index contributed by atoms with van der Waals surface area (Å²) in [4.78, 5) is 30.8. The molecule has 10 heteroatoms. The number of amidine groups is 1. The lowest BCUT2D eigenvalue weighted by atomic mass is 10.0. The van der Waals surface area contributed by atoms with Crippen LogP contribution in [0.2, 0.25) is 0 Å². The molecule has 0 radical (unpaired) electrons. The number of aryl methyl sites for hydroxylation is 1. The van der Waals surface area contributed by atoms with E-state index in [-0.39, 0.29) is 18.3 Å². The van der Waals surface area contributed by atoms with Crippen LogP contribution in [0.4, 0.5) is 5.69 Å². The zero-order valence-electron chi connectivity index (χ0n) is 19.0. The zero-order valence-corrected chi connectivity index (χ0v) is 19.0. The Labute approximate surface area is 197 Å². The van der Waals surface area contributed by atoms with Gasteiger partial charge in [-0.15, -0.1) is 0 Å². The highest BCUT2D eigenvalue weighted by Gasteiger charge is 2.28. The van der Waals surface area contributed by atoms with Crippen LogP contribution in [0, 0.1) is 5.41 Å². The van der Waals surface area contributed by atoms with Gasteiger partial charge in [-0.25, -0.2) is 4.98 Å². The molecule has 1 unspecified atom stereocenters. The van der Waals surface area contributed by atoms with Crippen LogP contribution in [0.3, 0.4) is 0 Å². The van der Waals surface area contributed by atoms with Crippen molar-refractivity contribution in [1.82, 2.24) is 19.8 Å². The summed E-state index contributed by atoms with van der Waals surface area (Å²) in [6.07, 6.45) is 1.93. The van der Waals surface area contributed by atoms with E-state index in [2.05, 4.69) is 10.6 Å². The van der Waals surface area contributed by atoms with E-state index in [0.29, 0.717) is 30.8 Å². The maximum absolute atomic E-state index is 13.1. The number of benzene rings is 2. The first-order valence-electron chi connectivity index (χ1n) is 11.2. The molecule has 3 aromatic rings. The summed E-state index contributed by atoms with van der Waals surface area (Å²) >= 11 is 0. The predicted molar refractivity (Wildman–Crippen MR) is 130 cm³/mol. The van der Waals surface area contributed by atoms with E-state index in [4.69, 9.17) is 21.2 Å². The normalized spacial score (nSPS) is 14.3. The largest absolute Gasteiger partial charge is 0.480 e. The molecule has 1 saturated heterocycles. The lowest BCUT2D eigenvalue weighted by Gasteiger charge is -2.24. The molecular weight excluding hydrogens is 434 g/mol. The number of imidazole rings is 1. The molecule has 0 saturated carbocycles. The van der Waals surface area contributed by atoms with Gasteiger partial charge in [0.2, 0.25) is 5.91 Å². The number of nitrogen functional groups attached to an aromatic ring is 1. The summed E-state index contributed by atoms with van der Waals surface area (Å²) in [7, 11) is 1.93. The molecule has 0 bridgehead atoms. The average Bonchev–Trinajstić information content (AvgIpc) is 3.46. The Kier molecular flexibility index (Phi) is 6.78. The number of carboxylic acids is 1. The molecule has 1 atom stereocenters. The van der Waals surface area contributed by atoms with Gasteiger partial charge in [-0.05, 0) is 54.8 Å². The molecule has 0 aliphatic carbocycles. The SMILES string of the molecule is Cn1c(CNc2ccc(C(=N)N)cc2)nc2cc(C(NCC(=O)O)C(=O)N3CCCC3)ccc21. The van der Waals surface area contributed by atoms with Gasteiger partial charge in [0.1, 0.15) is 17.7 Å². The van der Waals surface area contributed by atoms with Crippen molar-refractivity contribution in [3.63, 3.8) is 0 Å². The summed E-state index contributed by atoms with van der Waals surface area (Å²) in [5.41, 5.74) is 9.40. The van der Waals surface area contributed by atoms with Gasteiger partial charge in [-0.3, -0.25) is 20.3 Å². The monoisotopic (exact) mass is 463 g/mol. The van der Waals surface area contributed by atoms with Crippen LogP contribution < -0.4 is 16.4 Å². The van der Waals surface area contributed by atoms with Gasteiger partial charge in [0.15, 0.2) is 0 Å². The number of nitrogens with two attached hydrogens (primary N) is 1. The standard InChI is InChI=1S/C24H29N7O3/c1-30-19-9-6-16(22(28-14-21(32)33)24(34)31-10-2-3-11-31)12-18(19)29-20(30)13-27-17-7-4-15(5-8-17)23(25)26/h4-9,12,22,27-28H,2-3,10-11,13-14H2,1H3,(H3,25,26)(H,32,33). The third kappa shape index (κ3) is 5.01. The van der Waals surface area contributed by atoms with Gasteiger partial charge in [0.05, 0.1) is 24.1 Å². The molecular formula is C24H29N7O3. The Balaban J connectivity index is 1.55. The van der Waals surface area contributed by atoms with Crippen LogP contribution in [0.25, 0.3) is 11.0 Å². The molecule has 178 valence electrons. The lowest BCUT2D eigenvalue weighted by Crippen LogP contribution is -2.41. The van der Waals surface area contributed by atoms with Crippen LogP contribution in [0.1, 0.15) is 35.8 Å². The van der Waals surface area contributed by atoms with Gasteiger partial charge >= 0.3 is 5.97 Å². The Bertz CT molecular complexity index is 1210. The first-order valence-corrected chi connectivity index (χ1v) is 11.2. The highest BCUT2D eigenvalue weighted by Crippen LogP contribution is 2.24. The number of carbonyl (C=O) groups is 2. The highest BCUT2D eigenvalue weighted by molar-refractivity contribution is 5.95. The smallest absolute Gasteiger partial charge is 0.317 e. The van der Waals surface area contributed by atoms with Crippen molar-refractivity contribution in [2.75, 3.05) is 25.0 Å². The quantitative estimate of drug-likeness (QED) is 0.240. The van der Waals surface area contributed by atoms with Crippen LogP contribution in [0.5, 0.6) is 0 Å². The molecule has 4 rings (SSSR count). The minimum absolute atomic E-state index is 0.0251. The summed E-state index contributed by atoms with van der Waals surface area (Å²) in [5, 5.41) is 22.8. The Hall–Kier alpha value is -3.92. The molecule has 2 heterocycles. The third-order valence-electron chi connectivity index (χ3n) is 6.10. The number of hydrogen-bond donors (Lipinski definition) is 5. The molecule has 10 nitrogen and oxygen atoms in total. The Morgan fingerprint density at radius 2 is 1.88 bits per heavy atom. The van der Waals surface area contributed by atoms with Crippen molar-refractivity contribution in [2.45, 2.75) is 25.4 Å². The minimum Gasteiger partial charge on any atom is -0.480 e. The van der Waals surface area contributed by atoms with Gasteiger partial charge in [0.25, 0.3) is 0 Å². The first kappa shape index (κ1) is 23.2. The molecule has 34 heavy (non-hydrogen) atoms. The first-order chi connectivity index (χ1) is 16.3. The van der Waals surface area contributed by atoms with Gasteiger partial charge < -0.3 is 25.6 Å². The van der Waals surface area contributed by atoms with Crippen molar-refractivity contribution in [1.29, 1.82) is 5.41 Å². The highest BCUT2D eigenvalue weighted by atomic mass is 16.4. The third-order valence-corrected chi connectivity index (χ3v) is 6.10. The van der Waals surface area contributed by atoms with E-state index >= 15 is 0 Å². The Morgan fingerprint density at radius 1 is 1.18 bits per heavy atom. The van der Waals surface area contributed by atoms with E-state index in [9.17, 15) is 9.59 Å². The summed E-state index contributed by atoms with van der Waals surface area (Å²) in [6.45, 7) is 1.56. The van der Waals surface area contributed by atoms with Crippen molar-refractivity contribution >= 4 is 34.4 Å². The summed E-state index contributed by atoms with van der Waals surface area (Å²) in [5.74, 6) is -0.284. The second-order valence-electron chi connectivity index (χ2n) is 8.42. The molecule has 1 aromatic heterocycles. The summed E-state index contributed by atoms with van der Waals surface area (Å²) in [6, 6.07) is 12.2. The second kappa shape index (κ2) is 9.92. The van der Waals surface area contributed by atoms with Crippen LogP contribution in [0.15, 0.2) is 42.5 Å². The summed E-state index contributed by atoms with van der Waals surface area (Å²) < 4.78 is 1.98. The van der Waals surface area contributed by atoms with Crippen molar-refractivity contribution < 1.29 is 14.7 Å². The number of aromatic nitrogens is 2. The topological polar surface area (TPSA) is 149 Å². The number of aliphatic carboxylic acids is 1. The van der Waals surface area contributed by atoms with E-state index in [0.717, 1.165) is 35.4 Å². The lowest BCUT2D eigenvalue weighted by molar-refractivity contribution is -0.137. The molecule has 6 N–H and O–H groups in total. The van der Waals surface area contributed by atoms with Gasteiger partial charge in [0, 0.05) is 31.4 Å². The Morgan fingerprint density at radius 3 is 2.53 bits per heavy atom. The maximum atomic E-state index is 13.1. The van der Waals surface area contributed by atoms with Crippen LogP contribution in [-0.4, -0.2) is 56.9 Å².